The van der Waals surface area contributed by atoms with Crippen LogP contribution in [0.5, 0.6) is 0 Å². The number of halogens is 1. The SMILES string of the molecule is O=C(N[C@@H]1Cc2ccccc2[C@@H]1CO)c1cc2cc(Cl)ccc2[nH]1. The summed E-state index contributed by atoms with van der Waals surface area (Å²) >= 11 is 5.99. The third kappa shape index (κ3) is 2.58. The van der Waals surface area contributed by atoms with Crippen molar-refractivity contribution in [2.24, 2.45) is 0 Å². The van der Waals surface area contributed by atoms with Crippen molar-refractivity contribution in [1.82, 2.24) is 10.3 Å². The molecule has 24 heavy (non-hydrogen) atoms. The van der Waals surface area contributed by atoms with E-state index < -0.39 is 0 Å². The number of nitrogens with one attached hydrogen (secondary N) is 2. The molecule has 2 atom stereocenters. The van der Waals surface area contributed by atoms with E-state index in [0.717, 1.165) is 22.9 Å². The molecule has 4 nitrogen and oxygen atoms in total. The number of rotatable bonds is 3. The molecule has 122 valence electrons. The maximum Gasteiger partial charge on any atom is 0.267 e. The Balaban J connectivity index is 1.57. The number of carbonyl (C=O) groups excluding carboxylic acids is 1. The number of aromatic nitrogens is 1. The van der Waals surface area contributed by atoms with Gasteiger partial charge in [0.2, 0.25) is 0 Å². The van der Waals surface area contributed by atoms with Gasteiger partial charge in [-0.15, -0.1) is 0 Å². The molecule has 0 bridgehead atoms. The number of amides is 1. The topological polar surface area (TPSA) is 65.1 Å². The number of fused-ring (bicyclic) bond motifs is 2. The lowest BCUT2D eigenvalue weighted by Crippen LogP contribution is -2.39. The molecule has 0 saturated heterocycles. The van der Waals surface area contributed by atoms with Crippen molar-refractivity contribution in [2.45, 2.75) is 18.4 Å². The lowest BCUT2D eigenvalue weighted by atomic mass is 9.99. The van der Waals surface area contributed by atoms with Gasteiger partial charge in [-0.25, -0.2) is 0 Å². The number of carbonyl (C=O) groups is 1. The molecule has 1 amide bonds. The second-order valence-electron chi connectivity index (χ2n) is 6.19. The third-order valence-corrected chi connectivity index (χ3v) is 4.96. The summed E-state index contributed by atoms with van der Waals surface area (Å²) < 4.78 is 0. The molecule has 1 aliphatic rings. The van der Waals surface area contributed by atoms with Crippen LogP contribution in [0.2, 0.25) is 5.02 Å². The summed E-state index contributed by atoms with van der Waals surface area (Å²) in [6.45, 7) is 0.0181. The molecule has 0 spiro atoms. The van der Waals surface area contributed by atoms with Crippen LogP contribution in [-0.2, 0) is 6.42 Å². The molecule has 0 saturated carbocycles. The Kier molecular flexibility index (Phi) is 3.79. The minimum absolute atomic E-state index is 0.0181. The second-order valence-corrected chi connectivity index (χ2v) is 6.62. The molecule has 3 aromatic rings. The van der Waals surface area contributed by atoms with Crippen LogP contribution < -0.4 is 5.32 Å². The predicted molar refractivity (Wildman–Crippen MR) is 94.5 cm³/mol. The number of aliphatic hydroxyl groups is 1. The fourth-order valence-corrected chi connectivity index (χ4v) is 3.71. The van der Waals surface area contributed by atoms with Gasteiger partial charge in [-0.1, -0.05) is 35.9 Å². The Morgan fingerprint density at radius 3 is 2.92 bits per heavy atom. The van der Waals surface area contributed by atoms with Gasteiger partial charge in [-0.2, -0.15) is 0 Å². The highest BCUT2D eigenvalue weighted by Crippen LogP contribution is 2.33. The number of aliphatic hydroxyl groups excluding tert-OH is 1. The van der Waals surface area contributed by atoms with Crippen LogP contribution in [-0.4, -0.2) is 28.6 Å². The van der Waals surface area contributed by atoms with Crippen LogP contribution >= 0.6 is 11.6 Å². The second kappa shape index (κ2) is 5.96. The van der Waals surface area contributed by atoms with Gasteiger partial charge in [0.1, 0.15) is 5.69 Å². The molecular weight excluding hydrogens is 324 g/mol. The highest BCUT2D eigenvalue weighted by molar-refractivity contribution is 6.31. The monoisotopic (exact) mass is 340 g/mol. The van der Waals surface area contributed by atoms with E-state index in [1.807, 2.05) is 30.3 Å². The molecule has 1 aromatic heterocycles. The fourth-order valence-electron chi connectivity index (χ4n) is 3.53. The standard InChI is InChI=1S/C19H17ClN2O2/c20-13-5-6-16-12(7-13)9-18(21-16)19(24)22-17-8-11-3-1-2-4-14(11)15(17)10-23/h1-7,9,15,17,21,23H,8,10H2,(H,22,24)/t15-,17+/m0/s1. The van der Waals surface area contributed by atoms with Gasteiger partial charge in [0.15, 0.2) is 0 Å². The number of H-pyrrole nitrogens is 1. The van der Waals surface area contributed by atoms with Gasteiger partial charge in [0, 0.05) is 27.9 Å². The Morgan fingerprint density at radius 2 is 2.08 bits per heavy atom. The molecule has 0 aliphatic heterocycles. The van der Waals surface area contributed by atoms with E-state index in [1.165, 1.54) is 5.56 Å². The van der Waals surface area contributed by atoms with Crippen molar-refractivity contribution in [3.05, 3.63) is 70.4 Å². The zero-order valence-electron chi connectivity index (χ0n) is 12.9. The van der Waals surface area contributed by atoms with Crippen molar-refractivity contribution < 1.29 is 9.90 Å². The van der Waals surface area contributed by atoms with Gasteiger partial charge < -0.3 is 15.4 Å². The van der Waals surface area contributed by atoms with Gasteiger partial charge in [0.05, 0.1) is 6.61 Å². The van der Waals surface area contributed by atoms with Crippen LogP contribution in [0.25, 0.3) is 10.9 Å². The average Bonchev–Trinajstić information content (AvgIpc) is 3.14. The van der Waals surface area contributed by atoms with Crippen LogP contribution in [0.15, 0.2) is 48.5 Å². The van der Waals surface area contributed by atoms with Crippen LogP contribution in [0, 0.1) is 0 Å². The average molecular weight is 341 g/mol. The fraction of sp³-hybridized carbons (Fsp3) is 0.211. The number of benzene rings is 2. The Morgan fingerprint density at radius 1 is 1.25 bits per heavy atom. The number of aromatic amines is 1. The van der Waals surface area contributed by atoms with E-state index in [4.69, 9.17) is 11.6 Å². The van der Waals surface area contributed by atoms with Crippen molar-refractivity contribution in [1.29, 1.82) is 0 Å². The first kappa shape index (κ1) is 15.2. The zero-order valence-corrected chi connectivity index (χ0v) is 13.7. The van der Waals surface area contributed by atoms with Crippen LogP contribution in [0.1, 0.15) is 27.5 Å². The molecule has 5 heteroatoms. The largest absolute Gasteiger partial charge is 0.396 e. The Bertz CT molecular complexity index is 919. The summed E-state index contributed by atoms with van der Waals surface area (Å²) in [5.41, 5.74) is 3.68. The first-order valence-corrected chi connectivity index (χ1v) is 8.31. The molecule has 2 aromatic carbocycles. The number of hydrogen-bond acceptors (Lipinski definition) is 2. The van der Waals surface area contributed by atoms with E-state index in [-0.39, 0.29) is 24.5 Å². The summed E-state index contributed by atoms with van der Waals surface area (Å²) in [7, 11) is 0. The summed E-state index contributed by atoms with van der Waals surface area (Å²) in [4.78, 5) is 15.7. The minimum Gasteiger partial charge on any atom is -0.396 e. The van der Waals surface area contributed by atoms with E-state index in [2.05, 4.69) is 16.4 Å². The molecule has 1 heterocycles. The summed E-state index contributed by atoms with van der Waals surface area (Å²) in [5, 5.41) is 14.3. The highest BCUT2D eigenvalue weighted by atomic mass is 35.5. The maximum absolute atomic E-state index is 12.6. The molecule has 0 radical (unpaired) electrons. The molecular formula is C19H17ClN2O2. The van der Waals surface area contributed by atoms with Crippen molar-refractivity contribution >= 4 is 28.4 Å². The van der Waals surface area contributed by atoms with Crippen LogP contribution in [0.4, 0.5) is 0 Å². The van der Waals surface area contributed by atoms with Gasteiger partial charge in [0.25, 0.3) is 5.91 Å². The van der Waals surface area contributed by atoms with Crippen molar-refractivity contribution in [3.8, 4) is 0 Å². The summed E-state index contributed by atoms with van der Waals surface area (Å²) in [6.07, 6.45) is 0.735. The smallest absolute Gasteiger partial charge is 0.267 e. The zero-order chi connectivity index (χ0) is 16.7. The van der Waals surface area contributed by atoms with E-state index in [0.29, 0.717) is 10.7 Å². The maximum atomic E-state index is 12.6. The van der Waals surface area contributed by atoms with E-state index >= 15 is 0 Å². The first-order chi connectivity index (χ1) is 11.7. The quantitative estimate of drug-likeness (QED) is 0.685. The molecule has 0 fully saturated rings. The predicted octanol–water partition coefficient (Wildman–Crippen LogP) is 3.25. The molecule has 3 N–H and O–H groups in total. The third-order valence-electron chi connectivity index (χ3n) is 4.72. The number of hydrogen-bond donors (Lipinski definition) is 3. The van der Waals surface area contributed by atoms with Gasteiger partial charge >= 0.3 is 0 Å². The normalized spacial score (nSPS) is 19.4. The molecule has 0 unspecified atom stereocenters. The Labute approximate surface area is 144 Å². The van der Waals surface area contributed by atoms with Gasteiger partial charge in [-0.3, -0.25) is 4.79 Å². The van der Waals surface area contributed by atoms with E-state index in [9.17, 15) is 9.90 Å². The summed E-state index contributed by atoms with van der Waals surface area (Å²) in [5.74, 6) is -0.234. The Hall–Kier alpha value is -2.30. The van der Waals surface area contributed by atoms with Crippen LogP contribution in [0.3, 0.4) is 0 Å². The van der Waals surface area contributed by atoms with E-state index in [1.54, 1.807) is 12.1 Å². The molecule has 4 rings (SSSR count). The first-order valence-electron chi connectivity index (χ1n) is 7.93. The molecule has 1 aliphatic carbocycles. The lowest BCUT2D eigenvalue weighted by molar-refractivity contribution is 0.0922. The highest BCUT2D eigenvalue weighted by Gasteiger charge is 2.33. The minimum atomic E-state index is -0.168. The van der Waals surface area contributed by atoms with Crippen molar-refractivity contribution in [2.75, 3.05) is 6.61 Å². The summed E-state index contributed by atoms with van der Waals surface area (Å²) in [6, 6.07) is 15.2. The lowest BCUT2D eigenvalue weighted by Gasteiger charge is -2.19. The van der Waals surface area contributed by atoms with Crippen molar-refractivity contribution in [3.63, 3.8) is 0 Å². The van der Waals surface area contributed by atoms with Gasteiger partial charge in [-0.05, 0) is 41.8 Å².